The van der Waals surface area contributed by atoms with Crippen LogP contribution in [0.4, 0.5) is 0 Å². The summed E-state index contributed by atoms with van der Waals surface area (Å²) in [5.74, 6) is 0.0186. The van der Waals surface area contributed by atoms with E-state index in [1.807, 2.05) is 12.3 Å². The van der Waals surface area contributed by atoms with Crippen LogP contribution in [0.15, 0.2) is 28.6 Å². The molecule has 0 spiro atoms. The minimum atomic E-state index is -0.110. The molecule has 1 amide bonds. The fourth-order valence-corrected chi connectivity index (χ4v) is 2.59. The van der Waals surface area contributed by atoms with Gasteiger partial charge in [0.25, 0.3) is 0 Å². The van der Waals surface area contributed by atoms with Crippen LogP contribution in [0.1, 0.15) is 6.92 Å². The smallest absolute Gasteiger partial charge is 0.233 e. The van der Waals surface area contributed by atoms with E-state index in [4.69, 9.17) is 0 Å². The SMILES string of the molecule is C=CCNC(=O)C(C)Sc1nccs1. The zero-order chi connectivity index (χ0) is 10.4. The number of aromatic nitrogens is 1. The highest BCUT2D eigenvalue weighted by atomic mass is 32.2. The Morgan fingerprint density at radius 1 is 1.93 bits per heavy atom. The highest BCUT2D eigenvalue weighted by Gasteiger charge is 2.14. The van der Waals surface area contributed by atoms with Crippen LogP contribution in [0.3, 0.4) is 0 Å². The molecule has 0 radical (unpaired) electrons. The predicted molar refractivity (Wildman–Crippen MR) is 60.6 cm³/mol. The molecular formula is C9H12N2OS2. The average molecular weight is 228 g/mol. The third-order valence-corrected chi connectivity index (χ3v) is 3.49. The summed E-state index contributed by atoms with van der Waals surface area (Å²) >= 11 is 3.01. The molecule has 3 nitrogen and oxygen atoms in total. The van der Waals surface area contributed by atoms with Crippen molar-refractivity contribution in [3.05, 3.63) is 24.2 Å². The maximum Gasteiger partial charge on any atom is 0.233 e. The standard InChI is InChI=1S/C9H12N2OS2/c1-3-4-10-8(12)7(2)14-9-11-5-6-13-9/h3,5-7H,1,4H2,2H3,(H,10,12). The number of hydrogen-bond donors (Lipinski definition) is 1. The van der Waals surface area contributed by atoms with Crippen LogP contribution in [-0.4, -0.2) is 22.7 Å². The van der Waals surface area contributed by atoms with Crippen LogP contribution in [0.2, 0.25) is 0 Å². The Hall–Kier alpha value is -0.810. The van der Waals surface area contributed by atoms with E-state index in [9.17, 15) is 4.79 Å². The number of nitrogens with one attached hydrogen (secondary N) is 1. The normalized spacial score (nSPS) is 12.1. The Morgan fingerprint density at radius 2 is 2.71 bits per heavy atom. The first kappa shape index (κ1) is 11.3. The van der Waals surface area contributed by atoms with Crippen molar-refractivity contribution in [1.29, 1.82) is 0 Å². The molecule has 0 aliphatic carbocycles. The van der Waals surface area contributed by atoms with Crippen molar-refractivity contribution in [2.45, 2.75) is 16.5 Å². The Morgan fingerprint density at radius 3 is 3.29 bits per heavy atom. The first-order valence-electron chi connectivity index (χ1n) is 4.18. The van der Waals surface area contributed by atoms with Gasteiger partial charge in [-0.3, -0.25) is 4.79 Å². The molecule has 1 rings (SSSR count). The van der Waals surface area contributed by atoms with Crippen molar-refractivity contribution in [1.82, 2.24) is 10.3 Å². The molecule has 0 aromatic carbocycles. The lowest BCUT2D eigenvalue weighted by molar-refractivity contribution is -0.120. The van der Waals surface area contributed by atoms with Gasteiger partial charge in [0.05, 0.1) is 5.25 Å². The summed E-state index contributed by atoms with van der Waals surface area (Å²) in [5, 5.41) is 4.53. The summed E-state index contributed by atoms with van der Waals surface area (Å²) in [4.78, 5) is 15.5. The lowest BCUT2D eigenvalue weighted by Gasteiger charge is -2.08. The second-order valence-electron chi connectivity index (χ2n) is 2.59. The minimum absolute atomic E-state index is 0.0186. The lowest BCUT2D eigenvalue weighted by Crippen LogP contribution is -2.30. The van der Waals surface area contributed by atoms with Crippen LogP contribution >= 0.6 is 23.1 Å². The van der Waals surface area contributed by atoms with Gasteiger partial charge in [-0.15, -0.1) is 17.9 Å². The molecule has 76 valence electrons. The predicted octanol–water partition coefficient (Wildman–Crippen LogP) is 1.93. The Bertz CT molecular complexity index is 298. The van der Waals surface area contributed by atoms with Gasteiger partial charge in [0.2, 0.25) is 5.91 Å². The Kier molecular flexibility index (Phi) is 4.69. The van der Waals surface area contributed by atoms with Gasteiger partial charge in [0.15, 0.2) is 4.34 Å². The van der Waals surface area contributed by atoms with E-state index in [-0.39, 0.29) is 11.2 Å². The van der Waals surface area contributed by atoms with Crippen LogP contribution in [0, 0.1) is 0 Å². The number of amides is 1. The van der Waals surface area contributed by atoms with Gasteiger partial charge >= 0.3 is 0 Å². The van der Waals surface area contributed by atoms with Gasteiger partial charge in [0, 0.05) is 18.1 Å². The van der Waals surface area contributed by atoms with E-state index in [1.54, 1.807) is 23.6 Å². The summed E-state index contributed by atoms with van der Waals surface area (Å²) in [7, 11) is 0. The Balaban J connectivity index is 2.37. The average Bonchev–Trinajstić information content (AvgIpc) is 2.66. The van der Waals surface area contributed by atoms with Gasteiger partial charge in [-0.05, 0) is 6.92 Å². The zero-order valence-corrected chi connectivity index (χ0v) is 9.53. The van der Waals surface area contributed by atoms with Crippen molar-refractivity contribution in [3.63, 3.8) is 0 Å². The van der Waals surface area contributed by atoms with E-state index in [0.29, 0.717) is 6.54 Å². The monoisotopic (exact) mass is 228 g/mol. The minimum Gasteiger partial charge on any atom is -0.352 e. The number of carbonyl (C=O) groups is 1. The van der Waals surface area contributed by atoms with E-state index in [1.165, 1.54) is 11.8 Å². The maximum absolute atomic E-state index is 11.4. The molecule has 1 N–H and O–H groups in total. The third-order valence-electron chi connectivity index (χ3n) is 1.48. The fourth-order valence-electron chi connectivity index (χ4n) is 0.790. The van der Waals surface area contributed by atoms with Crippen molar-refractivity contribution in [2.75, 3.05) is 6.54 Å². The number of thiazole rings is 1. The first-order chi connectivity index (χ1) is 6.74. The fraction of sp³-hybridized carbons (Fsp3) is 0.333. The summed E-state index contributed by atoms with van der Waals surface area (Å²) in [6.45, 7) is 5.92. The van der Waals surface area contributed by atoms with E-state index < -0.39 is 0 Å². The maximum atomic E-state index is 11.4. The molecule has 0 saturated carbocycles. The van der Waals surface area contributed by atoms with Gasteiger partial charge in [-0.25, -0.2) is 4.98 Å². The van der Waals surface area contributed by atoms with Crippen molar-refractivity contribution < 1.29 is 4.79 Å². The molecule has 0 aliphatic rings. The Labute approximate surface area is 91.6 Å². The first-order valence-corrected chi connectivity index (χ1v) is 5.94. The second kappa shape index (κ2) is 5.82. The second-order valence-corrected chi connectivity index (χ2v) is 5.07. The van der Waals surface area contributed by atoms with Gasteiger partial charge in [-0.2, -0.15) is 0 Å². The third kappa shape index (κ3) is 3.51. The topological polar surface area (TPSA) is 42.0 Å². The van der Waals surface area contributed by atoms with E-state index in [0.717, 1.165) is 4.34 Å². The molecule has 0 aliphatic heterocycles. The summed E-state index contributed by atoms with van der Waals surface area (Å²) < 4.78 is 0.922. The van der Waals surface area contributed by atoms with Gasteiger partial charge in [0.1, 0.15) is 0 Å². The van der Waals surface area contributed by atoms with Crippen LogP contribution < -0.4 is 5.32 Å². The quantitative estimate of drug-likeness (QED) is 0.618. The van der Waals surface area contributed by atoms with Crippen LogP contribution in [0.5, 0.6) is 0 Å². The molecule has 1 heterocycles. The zero-order valence-electron chi connectivity index (χ0n) is 7.90. The number of thioether (sulfide) groups is 1. The van der Waals surface area contributed by atoms with Crippen molar-refractivity contribution in [2.24, 2.45) is 0 Å². The molecule has 14 heavy (non-hydrogen) atoms. The van der Waals surface area contributed by atoms with Gasteiger partial charge in [-0.1, -0.05) is 17.8 Å². The van der Waals surface area contributed by atoms with Crippen LogP contribution in [-0.2, 0) is 4.79 Å². The van der Waals surface area contributed by atoms with Gasteiger partial charge < -0.3 is 5.32 Å². The number of carbonyl (C=O) groups excluding carboxylic acids is 1. The molecule has 1 unspecified atom stereocenters. The number of rotatable bonds is 5. The molecule has 0 saturated heterocycles. The molecular weight excluding hydrogens is 216 g/mol. The lowest BCUT2D eigenvalue weighted by atomic mass is 10.4. The van der Waals surface area contributed by atoms with Crippen LogP contribution in [0.25, 0.3) is 0 Å². The molecule has 5 heteroatoms. The molecule has 0 fully saturated rings. The summed E-state index contributed by atoms with van der Waals surface area (Å²) in [6, 6.07) is 0. The largest absolute Gasteiger partial charge is 0.352 e. The number of hydrogen-bond acceptors (Lipinski definition) is 4. The number of nitrogens with zero attached hydrogens (tertiary/aromatic N) is 1. The molecule has 1 aromatic rings. The molecule has 0 bridgehead atoms. The van der Waals surface area contributed by atoms with E-state index >= 15 is 0 Å². The molecule has 1 aromatic heterocycles. The van der Waals surface area contributed by atoms with E-state index in [2.05, 4.69) is 16.9 Å². The summed E-state index contributed by atoms with van der Waals surface area (Å²) in [5.41, 5.74) is 0. The highest BCUT2D eigenvalue weighted by molar-refractivity contribution is 8.02. The van der Waals surface area contributed by atoms with Crippen molar-refractivity contribution >= 4 is 29.0 Å². The van der Waals surface area contributed by atoms with Crippen molar-refractivity contribution in [3.8, 4) is 0 Å². The summed E-state index contributed by atoms with van der Waals surface area (Å²) in [6.07, 6.45) is 3.40. The highest BCUT2D eigenvalue weighted by Crippen LogP contribution is 2.24. The molecule has 1 atom stereocenters.